The molecule has 0 unspecified atom stereocenters. The lowest BCUT2D eigenvalue weighted by atomic mass is 10.4. The second-order valence-corrected chi connectivity index (χ2v) is 6.46. The Morgan fingerprint density at radius 1 is 1.14 bits per heavy atom. The minimum Gasteiger partial charge on any atom is -0.756 e. The number of phosphoric ester groups is 1. The first-order valence-electron chi connectivity index (χ1n) is 7.81. The Bertz CT molecular complexity index is 282. The van der Waals surface area contributed by atoms with Gasteiger partial charge in [0.15, 0.2) is 0 Å². The second-order valence-electron chi connectivity index (χ2n) is 5.05. The van der Waals surface area contributed by atoms with E-state index in [0.29, 0.717) is 0 Å². The van der Waals surface area contributed by atoms with Gasteiger partial charge in [-0.05, 0) is 39.9 Å². The molecule has 0 heterocycles. The zero-order valence-electron chi connectivity index (χ0n) is 15.4. The number of hydrogen-bond donors (Lipinski definition) is 1. The van der Waals surface area contributed by atoms with Crippen molar-refractivity contribution in [1.82, 2.24) is 10.2 Å². The Balaban J connectivity index is -0.000000354. The molecule has 0 spiro atoms. The summed E-state index contributed by atoms with van der Waals surface area (Å²) in [5.41, 5.74) is 0. The quantitative estimate of drug-likeness (QED) is 0.313. The summed E-state index contributed by atoms with van der Waals surface area (Å²) in [6.45, 7) is 6.20. The van der Waals surface area contributed by atoms with Gasteiger partial charge in [-0.3, -0.25) is 9.36 Å². The lowest BCUT2D eigenvalue weighted by Gasteiger charge is -2.22. The van der Waals surface area contributed by atoms with Gasteiger partial charge < -0.3 is 24.2 Å². The van der Waals surface area contributed by atoms with Gasteiger partial charge in [0.2, 0.25) is 6.41 Å². The molecule has 0 saturated heterocycles. The fourth-order valence-electron chi connectivity index (χ4n) is 1.23. The molecule has 0 aliphatic rings. The van der Waals surface area contributed by atoms with Crippen molar-refractivity contribution in [2.45, 2.75) is 46.0 Å². The van der Waals surface area contributed by atoms with E-state index >= 15 is 0 Å². The zero-order valence-corrected chi connectivity index (χ0v) is 15.3. The predicted molar refractivity (Wildman–Crippen MR) is 87.7 cm³/mol. The van der Waals surface area contributed by atoms with E-state index < -0.39 is 7.82 Å². The third-order valence-corrected chi connectivity index (χ3v) is 3.50. The van der Waals surface area contributed by atoms with E-state index in [1.165, 1.54) is 0 Å². The standard InChI is InChI=1S/C8H19O4P.C6H14N2O/c1-3-5-7-11-13(9,10)12-8-6-4-2;1-8(2)5-3-4-7-6-9/h3-8H2,1-2H3,(H,9,10);6H,3-5H2,1-2H3,(H,7,9). The molecule has 1 amide bonds. The summed E-state index contributed by atoms with van der Waals surface area (Å²) < 4.78 is 20.2. The van der Waals surface area contributed by atoms with E-state index in [-0.39, 0.29) is 14.6 Å². The maximum Gasteiger partial charge on any atom is 1.00 e. The van der Waals surface area contributed by atoms with Crippen molar-refractivity contribution in [3.8, 4) is 0 Å². The van der Waals surface area contributed by atoms with Crippen LogP contribution in [0.4, 0.5) is 0 Å². The number of nitrogens with zero attached hydrogens (tertiary/aromatic N) is 1. The monoisotopic (exact) mass is 340 g/mol. The van der Waals surface area contributed by atoms with Crippen molar-refractivity contribution in [3.63, 3.8) is 0 Å². The number of nitrogens with one attached hydrogen (secondary N) is 1. The average Bonchev–Trinajstić information content (AvgIpc) is 2.44. The largest absolute Gasteiger partial charge is 1.00 e. The minimum absolute atomic E-state index is 0. The molecule has 0 aliphatic heterocycles. The van der Waals surface area contributed by atoms with Crippen LogP contribution in [-0.4, -0.2) is 51.7 Å². The molecule has 22 heavy (non-hydrogen) atoms. The molecule has 0 bridgehead atoms. The average molecular weight is 340 g/mol. The van der Waals surface area contributed by atoms with E-state index in [0.717, 1.165) is 51.6 Å². The molecule has 1 N–H and O–H groups in total. The molecule has 0 aromatic heterocycles. The topological polar surface area (TPSA) is 90.9 Å². The Morgan fingerprint density at radius 3 is 2.00 bits per heavy atom. The highest BCUT2D eigenvalue weighted by atomic mass is 31.2. The Morgan fingerprint density at radius 2 is 1.64 bits per heavy atom. The van der Waals surface area contributed by atoms with E-state index in [4.69, 9.17) is 0 Å². The molecule has 0 aromatic carbocycles. The van der Waals surface area contributed by atoms with Crippen molar-refractivity contribution < 1.29 is 24.7 Å². The summed E-state index contributed by atoms with van der Waals surface area (Å²) in [6, 6.07) is 0. The number of amides is 1. The van der Waals surface area contributed by atoms with Crippen LogP contribution in [0.5, 0.6) is 0 Å². The highest BCUT2D eigenvalue weighted by Gasteiger charge is 2.07. The van der Waals surface area contributed by atoms with Gasteiger partial charge >= 0.3 is 1.43 Å². The number of unbranched alkanes of at least 4 members (excludes halogenated alkanes) is 2. The number of carbonyl (C=O) groups excluding carboxylic acids is 1. The van der Waals surface area contributed by atoms with Crippen LogP contribution in [0.2, 0.25) is 0 Å². The number of rotatable bonds is 13. The summed E-state index contributed by atoms with van der Waals surface area (Å²) in [7, 11) is 0.0277. The van der Waals surface area contributed by atoms with Gasteiger partial charge in [-0.1, -0.05) is 26.7 Å². The molecular formula is C14H33N2O5P. The van der Waals surface area contributed by atoms with Crippen LogP contribution in [0.1, 0.15) is 47.4 Å². The van der Waals surface area contributed by atoms with Crippen molar-refractivity contribution in [2.75, 3.05) is 40.4 Å². The lowest BCUT2D eigenvalue weighted by Crippen LogP contribution is -2.19. The van der Waals surface area contributed by atoms with Crippen molar-refractivity contribution in [2.24, 2.45) is 0 Å². The Hall–Kier alpha value is -0.460. The second kappa shape index (κ2) is 16.9. The van der Waals surface area contributed by atoms with Gasteiger partial charge in [0, 0.05) is 6.54 Å². The van der Waals surface area contributed by atoms with Gasteiger partial charge in [0.05, 0.1) is 13.2 Å². The lowest BCUT2D eigenvalue weighted by molar-refractivity contribution is -0.225. The van der Waals surface area contributed by atoms with Gasteiger partial charge in [0.1, 0.15) is 0 Å². The summed E-state index contributed by atoms with van der Waals surface area (Å²) in [4.78, 5) is 22.8. The van der Waals surface area contributed by atoms with Crippen LogP contribution in [0, 0.1) is 0 Å². The van der Waals surface area contributed by atoms with Gasteiger partial charge in [-0.2, -0.15) is 0 Å². The van der Waals surface area contributed by atoms with E-state index in [1.54, 1.807) is 0 Å². The molecule has 0 aromatic rings. The molecule has 0 saturated carbocycles. The van der Waals surface area contributed by atoms with Crippen LogP contribution >= 0.6 is 7.82 Å². The Labute approximate surface area is 136 Å². The summed E-state index contributed by atoms with van der Waals surface area (Å²) in [5, 5.41) is 2.60. The van der Waals surface area contributed by atoms with Gasteiger partial charge in [-0.25, -0.2) is 0 Å². The van der Waals surface area contributed by atoms with E-state index in [2.05, 4.69) is 19.3 Å². The maximum atomic E-state index is 11.0. The smallest absolute Gasteiger partial charge is 0.756 e. The number of carbonyl (C=O) groups is 1. The first-order valence-corrected chi connectivity index (χ1v) is 9.27. The minimum atomic E-state index is -4.00. The Kier molecular flexibility index (Phi) is 18.3. The molecule has 0 atom stereocenters. The molecule has 0 aliphatic carbocycles. The fourth-order valence-corrected chi connectivity index (χ4v) is 2.01. The van der Waals surface area contributed by atoms with E-state index in [1.807, 2.05) is 27.9 Å². The normalized spacial score (nSPS) is 11.0. The third-order valence-electron chi connectivity index (χ3n) is 2.50. The first-order chi connectivity index (χ1) is 10.4. The number of hydrogen-bond acceptors (Lipinski definition) is 6. The highest BCUT2D eigenvalue weighted by Crippen LogP contribution is 2.38. The summed E-state index contributed by atoms with van der Waals surface area (Å²) in [5.74, 6) is 0. The first kappa shape index (κ1) is 23.8. The fraction of sp³-hybridized carbons (Fsp3) is 0.929. The molecule has 0 fully saturated rings. The summed E-state index contributed by atoms with van der Waals surface area (Å²) >= 11 is 0. The molecule has 0 rings (SSSR count). The SMILES string of the molecule is CCCCOP(=O)([O-])OCCCC.CN(C)CCCNC=O.[H+]. The van der Waals surface area contributed by atoms with Crippen molar-refractivity contribution >= 4 is 14.2 Å². The van der Waals surface area contributed by atoms with Crippen LogP contribution < -0.4 is 10.2 Å². The van der Waals surface area contributed by atoms with E-state index in [9.17, 15) is 14.3 Å². The van der Waals surface area contributed by atoms with Crippen LogP contribution in [-0.2, 0) is 18.4 Å². The zero-order chi connectivity index (χ0) is 17.3. The van der Waals surface area contributed by atoms with Gasteiger partial charge in [-0.15, -0.1) is 0 Å². The third kappa shape index (κ3) is 21.8. The maximum absolute atomic E-state index is 11.0. The highest BCUT2D eigenvalue weighted by molar-refractivity contribution is 7.45. The predicted octanol–water partition coefficient (Wildman–Crippen LogP) is 1.88. The van der Waals surface area contributed by atoms with Crippen LogP contribution in [0.3, 0.4) is 0 Å². The number of phosphoric acid groups is 1. The van der Waals surface area contributed by atoms with Crippen LogP contribution in [0.15, 0.2) is 0 Å². The molecule has 8 heteroatoms. The molecule has 0 radical (unpaired) electrons. The molecular weight excluding hydrogens is 307 g/mol. The van der Waals surface area contributed by atoms with Crippen molar-refractivity contribution in [1.29, 1.82) is 0 Å². The molecule has 7 nitrogen and oxygen atoms in total. The van der Waals surface area contributed by atoms with Crippen LogP contribution in [0.25, 0.3) is 0 Å². The summed E-state index contributed by atoms with van der Waals surface area (Å²) in [6.07, 6.45) is 5.05. The van der Waals surface area contributed by atoms with Gasteiger partial charge in [0.25, 0.3) is 7.82 Å². The molecule has 134 valence electrons. The van der Waals surface area contributed by atoms with Crippen molar-refractivity contribution in [3.05, 3.63) is 0 Å².